The standard InChI is InChI=1S/C20H26BrN3O3.HI/c1-22-20(23-10-9-14-5-7-16(25-2)8-6-14)24-13-15-11-18(26-3)19(27-4)12-17(15)21;/h5-8,11-12H,9-10,13H2,1-4H3,(H2,22,23,24);1H. The van der Waals surface area contributed by atoms with Crippen LogP contribution in [0.25, 0.3) is 0 Å². The zero-order valence-corrected chi connectivity index (χ0v) is 20.5. The molecule has 0 bridgehead atoms. The zero-order chi connectivity index (χ0) is 19.6. The summed E-state index contributed by atoms with van der Waals surface area (Å²) in [5.41, 5.74) is 2.28. The van der Waals surface area contributed by atoms with Crippen LogP contribution in [0.15, 0.2) is 45.9 Å². The van der Waals surface area contributed by atoms with Gasteiger partial charge >= 0.3 is 0 Å². The van der Waals surface area contributed by atoms with Gasteiger partial charge in [0.1, 0.15) is 5.75 Å². The van der Waals surface area contributed by atoms with Crippen molar-refractivity contribution in [1.82, 2.24) is 10.6 Å². The van der Waals surface area contributed by atoms with Gasteiger partial charge in [-0.3, -0.25) is 4.99 Å². The molecule has 2 N–H and O–H groups in total. The van der Waals surface area contributed by atoms with Crippen LogP contribution < -0.4 is 24.8 Å². The SMILES string of the molecule is CN=C(NCCc1ccc(OC)cc1)NCc1cc(OC)c(OC)cc1Br.I. The smallest absolute Gasteiger partial charge is 0.191 e. The van der Waals surface area contributed by atoms with E-state index in [9.17, 15) is 0 Å². The maximum absolute atomic E-state index is 5.37. The quantitative estimate of drug-likeness (QED) is 0.289. The normalized spacial score (nSPS) is 10.7. The summed E-state index contributed by atoms with van der Waals surface area (Å²) in [7, 11) is 6.68. The maximum atomic E-state index is 5.37. The molecule has 0 aliphatic rings. The Hall–Kier alpha value is -1.68. The molecule has 0 saturated heterocycles. The lowest BCUT2D eigenvalue weighted by molar-refractivity contribution is 0.354. The second-order valence-corrected chi connectivity index (χ2v) is 6.60. The largest absolute Gasteiger partial charge is 0.497 e. The minimum atomic E-state index is 0. The van der Waals surface area contributed by atoms with E-state index in [-0.39, 0.29) is 24.0 Å². The molecule has 0 aromatic heterocycles. The Kier molecular flexibility index (Phi) is 11.1. The number of nitrogens with zero attached hydrogens (tertiary/aromatic N) is 1. The van der Waals surface area contributed by atoms with Gasteiger partial charge in [0.05, 0.1) is 21.3 Å². The number of aliphatic imine (C=N–C) groups is 1. The molecule has 0 amide bonds. The first-order valence-electron chi connectivity index (χ1n) is 8.59. The Morgan fingerprint density at radius 3 is 2.18 bits per heavy atom. The third kappa shape index (κ3) is 7.05. The topological polar surface area (TPSA) is 64.1 Å². The maximum Gasteiger partial charge on any atom is 0.191 e. The number of benzene rings is 2. The highest BCUT2D eigenvalue weighted by Crippen LogP contribution is 2.33. The van der Waals surface area contributed by atoms with E-state index in [1.165, 1.54) is 5.56 Å². The fourth-order valence-corrected chi connectivity index (χ4v) is 3.01. The summed E-state index contributed by atoms with van der Waals surface area (Å²) in [6, 6.07) is 11.9. The zero-order valence-electron chi connectivity index (χ0n) is 16.5. The Balaban J connectivity index is 0.00000392. The van der Waals surface area contributed by atoms with E-state index in [0.29, 0.717) is 18.0 Å². The van der Waals surface area contributed by atoms with Crippen LogP contribution in [0.2, 0.25) is 0 Å². The molecule has 0 radical (unpaired) electrons. The van der Waals surface area contributed by atoms with Gasteiger partial charge in [-0.25, -0.2) is 0 Å². The van der Waals surface area contributed by atoms with E-state index in [2.05, 4.69) is 43.7 Å². The van der Waals surface area contributed by atoms with Crippen molar-refractivity contribution >= 4 is 45.9 Å². The minimum absolute atomic E-state index is 0. The van der Waals surface area contributed by atoms with E-state index >= 15 is 0 Å². The van der Waals surface area contributed by atoms with Crippen LogP contribution in [0.5, 0.6) is 17.2 Å². The number of guanidine groups is 1. The van der Waals surface area contributed by atoms with Crippen LogP contribution in [0, 0.1) is 0 Å². The summed E-state index contributed by atoms with van der Waals surface area (Å²) < 4.78 is 16.8. The Labute approximate surface area is 192 Å². The van der Waals surface area contributed by atoms with Gasteiger partial charge in [0.15, 0.2) is 17.5 Å². The fourth-order valence-electron chi connectivity index (χ4n) is 2.55. The number of methoxy groups -OCH3 is 3. The predicted molar refractivity (Wildman–Crippen MR) is 128 cm³/mol. The Morgan fingerprint density at radius 2 is 1.61 bits per heavy atom. The molecule has 0 aliphatic heterocycles. The van der Waals surface area contributed by atoms with Crippen molar-refractivity contribution in [2.24, 2.45) is 4.99 Å². The van der Waals surface area contributed by atoms with Crippen molar-refractivity contribution < 1.29 is 14.2 Å². The summed E-state index contributed by atoms with van der Waals surface area (Å²) in [4.78, 5) is 4.27. The lowest BCUT2D eigenvalue weighted by Crippen LogP contribution is -2.37. The molecule has 0 heterocycles. The van der Waals surface area contributed by atoms with Crippen molar-refractivity contribution in [2.45, 2.75) is 13.0 Å². The second kappa shape index (κ2) is 12.7. The van der Waals surface area contributed by atoms with Crippen LogP contribution in [0.4, 0.5) is 0 Å². The Morgan fingerprint density at radius 1 is 0.964 bits per heavy atom. The summed E-state index contributed by atoms with van der Waals surface area (Å²) in [6.45, 7) is 1.38. The molecular formula is C20H27BrIN3O3. The van der Waals surface area contributed by atoms with E-state index in [4.69, 9.17) is 14.2 Å². The summed E-state index contributed by atoms with van der Waals surface area (Å²) >= 11 is 3.57. The number of rotatable bonds is 8. The molecule has 0 aliphatic carbocycles. The third-order valence-electron chi connectivity index (χ3n) is 4.09. The van der Waals surface area contributed by atoms with Crippen molar-refractivity contribution in [3.63, 3.8) is 0 Å². The first-order chi connectivity index (χ1) is 13.1. The first kappa shape index (κ1) is 24.4. The number of halogens is 2. The van der Waals surface area contributed by atoms with E-state index < -0.39 is 0 Å². The molecule has 154 valence electrons. The van der Waals surface area contributed by atoms with E-state index in [0.717, 1.165) is 34.7 Å². The van der Waals surface area contributed by atoms with Gasteiger partial charge in [-0.2, -0.15) is 0 Å². The number of nitrogens with one attached hydrogen (secondary N) is 2. The summed E-state index contributed by atoms with van der Waals surface area (Å²) in [5, 5.41) is 6.64. The number of hydrogen-bond acceptors (Lipinski definition) is 4. The molecule has 2 aromatic carbocycles. The van der Waals surface area contributed by atoms with Crippen molar-refractivity contribution in [3.8, 4) is 17.2 Å². The molecule has 8 heteroatoms. The predicted octanol–water partition coefficient (Wildman–Crippen LogP) is 4.00. The van der Waals surface area contributed by atoms with Gasteiger partial charge in [0.2, 0.25) is 0 Å². The van der Waals surface area contributed by atoms with Gasteiger partial charge < -0.3 is 24.8 Å². The highest BCUT2D eigenvalue weighted by molar-refractivity contribution is 14.0. The minimum Gasteiger partial charge on any atom is -0.497 e. The van der Waals surface area contributed by atoms with Gasteiger partial charge in [-0.15, -0.1) is 24.0 Å². The molecule has 0 fully saturated rings. The highest BCUT2D eigenvalue weighted by Gasteiger charge is 2.10. The third-order valence-corrected chi connectivity index (χ3v) is 4.83. The monoisotopic (exact) mass is 563 g/mol. The van der Waals surface area contributed by atoms with Gasteiger partial charge in [-0.05, 0) is 41.8 Å². The van der Waals surface area contributed by atoms with Crippen molar-refractivity contribution in [2.75, 3.05) is 34.9 Å². The van der Waals surface area contributed by atoms with Crippen LogP contribution in [0.3, 0.4) is 0 Å². The average molecular weight is 564 g/mol. The molecule has 2 aromatic rings. The van der Waals surface area contributed by atoms with Crippen LogP contribution in [0.1, 0.15) is 11.1 Å². The molecule has 0 saturated carbocycles. The highest BCUT2D eigenvalue weighted by atomic mass is 127. The van der Waals surface area contributed by atoms with Crippen LogP contribution in [-0.2, 0) is 13.0 Å². The van der Waals surface area contributed by atoms with Crippen LogP contribution >= 0.6 is 39.9 Å². The molecule has 0 unspecified atom stereocenters. The molecule has 2 rings (SSSR count). The lowest BCUT2D eigenvalue weighted by Gasteiger charge is -2.15. The molecular weight excluding hydrogens is 537 g/mol. The fraction of sp³-hybridized carbons (Fsp3) is 0.350. The van der Waals surface area contributed by atoms with Gasteiger partial charge in [0, 0.05) is 24.6 Å². The summed E-state index contributed by atoms with van der Waals surface area (Å²) in [5.74, 6) is 2.99. The molecule has 0 spiro atoms. The average Bonchev–Trinajstić information content (AvgIpc) is 2.71. The number of ether oxygens (including phenoxy) is 3. The van der Waals surface area contributed by atoms with Gasteiger partial charge in [0.25, 0.3) is 0 Å². The number of hydrogen-bond donors (Lipinski definition) is 2. The van der Waals surface area contributed by atoms with E-state index in [1.807, 2.05) is 24.3 Å². The van der Waals surface area contributed by atoms with Crippen molar-refractivity contribution in [1.29, 1.82) is 0 Å². The molecule has 0 atom stereocenters. The molecule has 6 nitrogen and oxygen atoms in total. The first-order valence-corrected chi connectivity index (χ1v) is 9.38. The van der Waals surface area contributed by atoms with E-state index in [1.54, 1.807) is 28.4 Å². The molecule has 28 heavy (non-hydrogen) atoms. The second-order valence-electron chi connectivity index (χ2n) is 5.75. The van der Waals surface area contributed by atoms with Gasteiger partial charge in [-0.1, -0.05) is 28.1 Å². The summed E-state index contributed by atoms with van der Waals surface area (Å²) in [6.07, 6.45) is 0.894. The lowest BCUT2D eigenvalue weighted by atomic mass is 10.1. The Bertz CT molecular complexity index is 770. The van der Waals surface area contributed by atoms with Crippen LogP contribution in [-0.4, -0.2) is 40.9 Å². The van der Waals surface area contributed by atoms with Crippen molar-refractivity contribution in [3.05, 3.63) is 52.0 Å².